The van der Waals surface area contributed by atoms with Crippen molar-refractivity contribution in [2.24, 2.45) is 0 Å². The van der Waals surface area contributed by atoms with Crippen LogP contribution in [0.15, 0.2) is 54.2 Å². The lowest BCUT2D eigenvalue weighted by Gasteiger charge is -2.15. The molecule has 0 spiro atoms. The van der Waals surface area contributed by atoms with Gasteiger partial charge in [0, 0.05) is 5.56 Å². The zero-order valence-electron chi connectivity index (χ0n) is 14.8. The summed E-state index contributed by atoms with van der Waals surface area (Å²) in [6.45, 7) is 1.22. The van der Waals surface area contributed by atoms with Crippen molar-refractivity contribution >= 4 is 35.0 Å². The number of alkyl halides is 2. The van der Waals surface area contributed by atoms with Crippen LogP contribution in [0.4, 0.5) is 14.5 Å². The highest BCUT2D eigenvalue weighted by molar-refractivity contribution is 7.80. The molecule has 3 rings (SSSR count). The number of hydrogen-bond donors (Lipinski definition) is 1. The molecule has 1 saturated heterocycles. The Bertz CT molecular complexity index is 895. The molecule has 0 radical (unpaired) electrons. The molecule has 0 aliphatic carbocycles. The fourth-order valence-corrected chi connectivity index (χ4v) is 3.03. The molecule has 0 bridgehead atoms. The highest BCUT2D eigenvalue weighted by Gasteiger charge is 2.32. The fraction of sp³-hybridized carbons (Fsp3) is 0.200. The maximum absolute atomic E-state index is 12.8. The van der Waals surface area contributed by atoms with E-state index in [9.17, 15) is 13.6 Å². The number of benzene rings is 2. The Morgan fingerprint density at radius 3 is 2.41 bits per heavy atom. The maximum Gasteiger partial charge on any atom is 0.387 e. The molecule has 1 amide bonds. The first-order valence-electron chi connectivity index (χ1n) is 8.37. The highest BCUT2D eigenvalue weighted by atomic mass is 32.1. The summed E-state index contributed by atoms with van der Waals surface area (Å²) in [6, 6.07) is 13.8. The van der Waals surface area contributed by atoms with E-state index < -0.39 is 6.61 Å². The van der Waals surface area contributed by atoms with Gasteiger partial charge in [0.25, 0.3) is 5.91 Å². The van der Waals surface area contributed by atoms with Gasteiger partial charge < -0.3 is 10.1 Å². The van der Waals surface area contributed by atoms with Crippen LogP contribution in [-0.4, -0.2) is 17.6 Å². The van der Waals surface area contributed by atoms with Crippen molar-refractivity contribution in [1.29, 1.82) is 0 Å². The third-order valence-electron chi connectivity index (χ3n) is 4.13. The first-order valence-corrected chi connectivity index (χ1v) is 8.78. The lowest BCUT2D eigenvalue weighted by molar-refractivity contribution is -0.113. The summed E-state index contributed by atoms with van der Waals surface area (Å²) in [6.07, 6.45) is 1.45. The predicted octanol–water partition coefficient (Wildman–Crippen LogP) is 4.67. The number of anilines is 1. The van der Waals surface area contributed by atoms with Crippen LogP contribution in [0.1, 0.15) is 30.9 Å². The Hall–Kier alpha value is -2.80. The quantitative estimate of drug-likeness (QED) is 0.597. The van der Waals surface area contributed by atoms with Crippen molar-refractivity contribution in [2.45, 2.75) is 26.4 Å². The maximum atomic E-state index is 12.8. The Balaban J connectivity index is 1.89. The first kappa shape index (κ1) is 19.0. The number of para-hydroxylation sites is 1. The number of carbonyl (C=O) groups is 1. The summed E-state index contributed by atoms with van der Waals surface area (Å²) in [5.74, 6) is 0.00426. The van der Waals surface area contributed by atoms with E-state index in [4.69, 9.17) is 12.2 Å². The molecule has 4 nitrogen and oxygen atoms in total. The average molecular weight is 388 g/mol. The van der Waals surface area contributed by atoms with E-state index in [2.05, 4.69) is 23.9 Å². The van der Waals surface area contributed by atoms with Crippen LogP contribution in [0.25, 0.3) is 6.08 Å². The largest absolute Gasteiger partial charge is 0.434 e. The Morgan fingerprint density at radius 1 is 1.11 bits per heavy atom. The molecule has 140 valence electrons. The van der Waals surface area contributed by atoms with Gasteiger partial charge in [-0.3, -0.25) is 9.69 Å². The van der Waals surface area contributed by atoms with Crippen molar-refractivity contribution < 1.29 is 18.3 Å². The van der Waals surface area contributed by atoms with Crippen molar-refractivity contribution in [3.8, 4) is 5.75 Å². The standard InChI is InChI=1S/C20H18F2N2O2S/c1-12(2)13-7-9-15(10-8-13)24-18(25)16(23-20(24)27)11-14-5-3-4-6-17(14)26-19(21)22/h3-12,19H,1-2H3,(H,23,27)/b16-11+. The number of nitrogens with one attached hydrogen (secondary N) is 1. The van der Waals surface area contributed by atoms with Crippen molar-refractivity contribution in [3.05, 3.63) is 65.4 Å². The van der Waals surface area contributed by atoms with E-state index in [0.29, 0.717) is 17.2 Å². The minimum absolute atomic E-state index is 0.0137. The van der Waals surface area contributed by atoms with Gasteiger partial charge in [-0.15, -0.1) is 0 Å². The van der Waals surface area contributed by atoms with E-state index in [1.165, 1.54) is 17.0 Å². The van der Waals surface area contributed by atoms with Crippen molar-refractivity contribution in [2.75, 3.05) is 4.90 Å². The number of nitrogens with zero attached hydrogens (tertiary/aromatic N) is 1. The van der Waals surface area contributed by atoms with Gasteiger partial charge in [0.1, 0.15) is 11.4 Å². The van der Waals surface area contributed by atoms with Gasteiger partial charge in [-0.1, -0.05) is 44.2 Å². The number of hydrogen-bond acceptors (Lipinski definition) is 3. The topological polar surface area (TPSA) is 41.6 Å². The molecule has 0 saturated carbocycles. The molecular formula is C20H18F2N2O2S. The second-order valence-corrected chi connectivity index (χ2v) is 6.68. The predicted molar refractivity (Wildman–Crippen MR) is 105 cm³/mol. The van der Waals surface area contributed by atoms with Crippen LogP contribution >= 0.6 is 12.2 Å². The number of ether oxygens (including phenoxy) is 1. The molecule has 1 heterocycles. The molecule has 7 heteroatoms. The second-order valence-electron chi connectivity index (χ2n) is 6.29. The van der Waals surface area contributed by atoms with Gasteiger partial charge >= 0.3 is 6.61 Å². The SMILES string of the molecule is CC(C)c1ccc(N2C(=O)/C(=C\c3ccccc3OC(F)F)NC2=S)cc1. The lowest BCUT2D eigenvalue weighted by Crippen LogP contribution is -2.30. The molecule has 1 aliphatic rings. The average Bonchev–Trinajstić information content (AvgIpc) is 2.90. The van der Waals surface area contributed by atoms with Crippen molar-refractivity contribution in [1.82, 2.24) is 5.32 Å². The van der Waals surface area contributed by atoms with E-state index in [0.717, 1.165) is 5.56 Å². The number of carbonyl (C=O) groups excluding carboxylic acids is 1. The van der Waals surface area contributed by atoms with E-state index in [1.807, 2.05) is 24.3 Å². The van der Waals surface area contributed by atoms with Gasteiger partial charge in [-0.25, -0.2) is 0 Å². The van der Waals surface area contributed by atoms with E-state index >= 15 is 0 Å². The third kappa shape index (κ3) is 4.14. The zero-order chi connectivity index (χ0) is 19.6. The number of rotatable bonds is 5. The second kappa shape index (κ2) is 7.84. The molecule has 2 aromatic carbocycles. The van der Waals surface area contributed by atoms with Gasteiger partial charge in [-0.2, -0.15) is 8.78 Å². The molecule has 2 aromatic rings. The molecule has 0 atom stereocenters. The van der Waals surface area contributed by atoms with Gasteiger partial charge in [0.15, 0.2) is 5.11 Å². The third-order valence-corrected chi connectivity index (χ3v) is 4.42. The minimum Gasteiger partial charge on any atom is -0.434 e. The fourth-order valence-electron chi connectivity index (χ4n) is 2.74. The molecule has 0 unspecified atom stereocenters. The Morgan fingerprint density at radius 2 is 1.78 bits per heavy atom. The summed E-state index contributed by atoms with van der Waals surface area (Å²) < 4.78 is 29.6. The van der Waals surface area contributed by atoms with Gasteiger partial charge in [0.05, 0.1) is 5.69 Å². The van der Waals surface area contributed by atoms with Crippen LogP contribution in [0, 0.1) is 0 Å². The molecule has 1 aliphatic heterocycles. The van der Waals surface area contributed by atoms with Gasteiger partial charge in [0.2, 0.25) is 0 Å². The first-order chi connectivity index (χ1) is 12.9. The van der Waals surface area contributed by atoms with Crippen LogP contribution in [0.3, 0.4) is 0 Å². The normalized spacial score (nSPS) is 15.8. The van der Waals surface area contributed by atoms with Gasteiger partial charge in [-0.05, 0) is 48.0 Å². The van der Waals surface area contributed by atoms with Crippen molar-refractivity contribution in [3.63, 3.8) is 0 Å². The highest BCUT2D eigenvalue weighted by Crippen LogP contribution is 2.27. The summed E-state index contributed by atoms with van der Waals surface area (Å²) in [4.78, 5) is 14.2. The summed E-state index contributed by atoms with van der Waals surface area (Å²) in [5, 5.41) is 3.08. The molecular weight excluding hydrogens is 370 g/mol. The van der Waals surface area contributed by atoms with E-state index in [-0.39, 0.29) is 22.5 Å². The van der Waals surface area contributed by atoms with Crippen LogP contribution in [-0.2, 0) is 4.79 Å². The Kier molecular flexibility index (Phi) is 5.51. The molecule has 1 fully saturated rings. The van der Waals surface area contributed by atoms with E-state index in [1.54, 1.807) is 18.2 Å². The number of amides is 1. The monoisotopic (exact) mass is 388 g/mol. The molecule has 0 aromatic heterocycles. The molecule has 1 N–H and O–H groups in total. The summed E-state index contributed by atoms with van der Waals surface area (Å²) in [5.41, 5.74) is 2.34. The lowest BCUT2D eigenvalue weighted by atomic mass is 10.0. The van der Waals surface area contributed by atoms with Crippen LogP contribution in [0.2, 0.25) is 0 Å². The smallest absolute Gasteiger partial charge is 0.387 e. The zero-order valence-corrected chi connectivity index (χ0v) is 15.6. The number of thiocarbonyl (C=S) groups is 1. The minimum atomic E-state index is -2.95. The van der Waals surface area contributed by atoms with Crippen LogP contribution in [0.5, 0.6) is 5.75 Å². The van der Waals surface area contributed by atoms with Crippen LogP contribution < -0.4 is 15.0 Å². The summed E-state index contributed by atoms with van der Waals surface area (Å²) >= 11 is 5.28. The number of halogens is 2. The molecule has 27 heavy (non-hydrogen) atoms. The summed E-state index contributed by atoms with van der Waals surface area (Å²) in [7, 11) is 0. The Labute approximate surface area is 161 Å².